The average molecular weight is 295 g/mol. The van der Waals surface area contributed by atoms with E-state index in [2.05, 4.69) is 44.6 Å². The highest BCUT2D eigenvalue weighted by Crippen LogP contribution is 2.36. The van der Waals surface area contributed by atoms with Crippen LogP contribution in [0.4, 0.5) is 11.6 Å². The zero-order valence-corrected chi connectivity index (χ0v) is 12.9. The summed E-state index contributed by atoms with van der Waals surface area (Å²) in [5.74, 6) is 2.03. The predicted molar refractivity (Wildman–Crippen MR) is 87.8 cm³/mol. The SMILES string of the molecule is CN1Nc2ncccc2C1c1cccc(N2CCCCC2)n1. The highest BCUT2D eigenvalue weighted by molar-refractivity contribution is 5.53. The fourth-order valence-corrected chi connectivity index (χ4v) is 3.42. The fraction of sp³-hybridized carbons (Fsp3) is 0.412. The summed E-state index contributed by atoms with van der Waals surface area (Å²) >= 11 is 0. The molecule has 22 heavy (non-hydrogen) atoms. The molecule has 0 bridgehead atoms. The fourth-order valence-electron chi connectivity index (χ4n) is 3.42. The number of hydrogen-bond acceptors (Lipinski definition) is 5. The van der Waals surface area contributed by atoms with Crippen molar-refractivity contribution in [1.82, 2.24) is 15.0 Å². The largest absolute Gasteiger partial charge is 0.357 e. The van der Waals surface area contributed by atoms with Crippen molar-refractivity contribution in [3.05, 3.63) is 47.8 Å². The Labute approximate surface area is 131 Å². The lowest BCUT2D eigenvalue weighted by molar-refractivity contribution is 0.356. The molecule has 1 saturated heterocycles. The van der Waals surface area contributed by atoms with Crippen molar-refractivity contribution in [1.29, 1.82) is 0 Å². The molecule has 2 aliphatic rings. The van der Waals surface area contributed by atoms with Gasteiger partial charge in [0, 0.05) is 31.9 Å². The minimum atomic E-state index is 0.119. The van der Waals surface area contributed by atoms with Crippen molar-refractivity contribution >= 4 is 11.6 Å². The highest BCUT2D eigenvalue weighted by atomic mass is 15.5. The number of hydrogen-bond donors (Lipinski definition) is 1. The number of nitrogens with zero attached hydrogens (tertiary/aromatic N) is 4. The molecule has 114 valence electrons. The Morgan fingerprint density at radius 3 is 2.82 bits per heavy atom. The molecule has 2 aromatic rings. The standard InChI is InChI=1S/C17H21N5/c1-21-16(13-7-6-10-18-17(13)20-21)14-8-5-9-15(19-14)22-11-3-2-4-12-22/h5-10,16H,2-4,11-12H2,1H3,(H,18,20). The monoisotopic (exact) mass is 295 g/mol. The van der Waals surface area contributed by atoms with Crippen molar-refractivity contribution in [3.63, 3.8) is 0 Å². The van der Waals surface area contributed by atoms with E-state index in [4.69, 9.17) is 4.98 Å². The maximum Gasteiger partial charge on any atom is 0.145 e. The van der Waals surface area contributed by atoms with Crippen molar-refractivity contribution < 1.29 is 0 Å². The summed E-state index contributed by atoms with van der Waals surface area (Å²) in [5, 5.41) is 2.08. The highest BCUT2D eigenvalue weighted by Gasteiger charge is 2.30. The molecule has 1 atom stereocenters. The van der Waals surface area contributed by atoms with Crippen LogP contribution < -0.4 is 10.3 Å². The molecule has 0 amide bonds. The molecule has 1 unspecified atom stereocenters. The van der Waals surface area contributed by atoms with Crippen LogP contribution in [0.25, 0.3) is 0 Å². The summed E-state index contributed by atoms with van der Waals surface area (Å²) < 4.78 is 0. The number of nitrogens with one attached hydrogen (secondary N) is 1. The molecular weight excluding hydrogens is 274 g/mol. The topological polar surface area (TPSA) is 44.3 Å². The van der Waals surface area contributed by atoms with Gasteiger partial charge in [-0.25, -0.2) is 15.0 Å². The van der Waals surface area contributed by atoms with E-state index in [0.29, 0.717) is 0 Å². The maximum absolute atomic E-state index is 4.94. The third-order valence-electron chi connectivity index (χ3n) is 4.52. The van der Waals surface area contributed by atoms with Crippen LogP contribution in [0.15, 0.2) is 36.5 Å². The number of aromatic nitrogens is 2. The van der Waals surface area contributed by atoms with E-state index in [-0.39, 0.29) is 6.04 Å². The Morgan fingerprint density at radius 1 is 1.09 bits per heavy atom. The van der Waals surface area contributed by atoms with Gasteiger partial charge in [-0.2, -0.15) is 0 Å². The molecule has 0 radical (unpaired) electrons. The van der Waals surface area contributed by atoms with Gasteiger partial charge >= 0.3 is 0 Å². The van der Waals surface area contributed by atoms with Gasteiger partial charge in [0.05, 0.1) is 11.7 Å². The third kappa shape index (κ3) is 2.31. The Hall–Kier alpha value is -2.14. The molecule has 0 aromatic carbocycles. The third-order valence-corrected chi connectivity index (χ3v) is 4.52. The summed E-state index contributed by atoms with van der Waals surface area (Å²) in [6, 6.07) is 10.6. The summed E-state index contributed by atoms with van der Waals surface area (Å²) in [6.45, 7) is 2.24. The second kappa shape index (κ2) is 5.57. The molecule has 4 rings (SSSR count). The molecule has 1 N–H and O–H groups in total. The Balaban J connectivity index is 1.68. The Bertz CT molecular complexity index is 666. The zero-order chi connectivity index (χ0) is 14.9. The van der Waals surface area contributed by atoms with Gasteiger partial charge in [-0.1, -0.05) is 12.1 Å². The maximum atomic E-state index is 4.94. The molecule has 5 nitrogen and oxygen atoms in total. The summed E-state index contributed by atoms with van der Waals surface area (Å²) in [5.41, 5.74) is 5.58. The number of piperidine rings is 1. The van der Waals surface area contributed by atoms with Crippen molar-refractivity contribution in [2.24, 2.45) is 0 Å². The molecule has 0 saturated carbocycles. The van der Waals surface area contributed by atoms with Crippen LogP contribution in [0.3, 0.4) is 0 Å². The van der Waals surface area contributed by atoms with Crippen LogP contribution in [0.5, 0.6) is 0 Å². The van der Waals surface area contributed by atoms with E-state index in [1.54, 1.807) is 0 Å². The number of rotatable bonds is 2. The van der Waals surface area contributed by atoms with Crippen molar-refractivity contribution in [2.75, 3.05) is 30.5 Å². The van der Waals surface area contributed by atoms with Crippen LogP contribution in [-0.2, 0) is 0 Å². The van der Waals surface area contributed by atoms with Gasteiger partial charge in [0.1, 0.15) is 11.6 Å². The van der Waals surface area contributed by atoms with Gasteiger partial charge in [-0.05, 0) is 37.5 Å². The molecule has 1 fully saturated rings. The van der Waals surface area contributed by atoms with Crippen LogP contribution in [-0.4, -0.2) is 35.1 Å². The van der Waals surface area contributed by atoms with Crippen LogP contribution in [0.1, 0.15) is 36.6 Å². The second-order valence-electron chi connectivity index (χ2n) is 6.03. The minimum Gasteiger partial charge on any atom is -0.357 e. The second-order valence-corrected chi connectivity index (χ2v) is 6.03. The van der Waals surface area contributed by atoms with Crippen molar-refractivity contribution in [2.45, 2.75) is 25.3 Å². The number of anilines is 2. The molecule has 5 heteroatoms. The lowest BCUT2D eigenvalue weighted by atomic mass is 10.1. The summed E-state index contributed by atoms with van der Waals surface area (Å²) in [4.78, 5) is 11.8. The molecule has 4 heterocycles. The zero-order valence-electron chi connectivity index (χ0n) is 12.9. The first-order valence-corrected chi connectivity index (χ1v) is 7.99. The average Bonchev–Trinajstić information content (AvgIpc) is 2.91. The van der Waals surface area contributed by atoms with E-state index < -0.39 is 0 Å². The van der Waals surface area contributed by atoms with E-state index >= 15 is 0 Å². The molecule has 0 aliphatic carbocycles. The summed E-state index contributed by atoms with van der Waals surface area (Å²) in [6.07, 6.45) is 5.69. The number of hydrazine groups is 1. The van der Waals surface area contributed by atoms with E-state index in [1.165, 1.54) is 24.8 Å². The molecule has 2 aromatic heterocycles. The number of fused-ring (bicyclic) bond motifs is 1. The Morgan fingerprint density at radius 2 is 1.95 bits per heavy atom. The Kier molecular flexibility index (Phi) is 3.42. The van der Waals surface area contributed by atoms with Gasteiger partial charge < -0.3 is 10.3 Å². The van der Waals surface area contributed by atoms with Gasteiger partial charge in [-0.15, -0.1) is 0 Å². The predicted octanol–water partition coefficient (Wildman–Crippen LogP) is 2.83. The van der Waals surface area contributed by atoms with Gasteiger partial charge in [0.2, 0.25) is 0 Å². The van der Waals surface area contributed by atoms with Gasteiger partial charge in [0.25, 0.3) is 0 Å². The van der Waals surface area contributed by atoms with E-state index in [9.17, 15) is 0 Å². The quantitative estimate of drug-likeness (QED) is 0.923. The molecule has 0 spiro atoms. The van der Waals surface area contributed by atoms with Crippen LogP contribution in [0.2, 0.25) is 0 Å². The van der Waals surface area contributed by atoms with E-state index in [0.717, 1.165) is 30.4 Å². The van der Waals surface area contributed by atoms with Gasteiger partial charge in [-0.3, -0.25) is 0 Å². The lowest BCUT2D eigenvalue weighted by Gasteiger charge is -2.28. The van der Waals surface area contributed by atoms with Crippen molar-refractivity contribution in [3.8, 4) is 0 Å². The normalized spacial score (nSPS) is 21.5. The minimum absolute atomic E-state index is 0.119. The lowest BCUT2D eigenvalue weighted by Crippen LogP contribution is -2.31. The first kappa shape index (κ1) is 13.5. The molecular formula is C17H21N5. The first-order valence-electron chi connectivity index (χ1n) is 7.99. The summed E-state index contributed by atoms with van der Waals surface area (Å²) in [7, 11) is 2.04. The first-order chi connectivity index (χ1) is 10.8. The van der Waals surface area contributed by atoms with Crippen LogP contribution in [0, 0.1) is 0 Å². The van der Waals surface area contributed by atoms with E-state index in [1.807, 2.05) is 19.3 Å². The van der Waals surface area contributed by atoms with Gasteiger partial charge in [0.15, 0.2) is 0 Å². The van der Waals surface area contributed by atoms with Crippen LogP contribution >= 0.6 is 0 Å². The molecule has 2 aliphatic heterocycles. The number of pyridine rings is 2. The smallest absolute Gasteiger partial charge is 0.145 e.